The third-order valence-corrected chi connectivity index (χ3v) is 2.67. The molecule has 74 valence electrons. The van der Waals surface area contributed by atoms with Gasteiger partial charge in [-0.05, 0) is 43.8 Å². The molecule has 1 aromatic carbocycles. The van der Waals surface area contributed by atoms with Crippen LogP contribution in [-0.2, 0) is 6.42 Å². The van der Waals surface area contributed by atoms with Gasteiger partial charge < -0.3 is 9.73 Å². The van der Waals surface area contributed by atoms with Gasteiger partial charge in [-0.25, -0.2) is 0 Å². The summed E-state index contributed by atoms with van der Waals surface area (Å²) in [6.45, 7) is 0.921. The SMILES string of the molecule is CNCCc1c(Cl)ccc2occc12. The summed E-state index contributed by atoms with van der Waals surface area (Å²) in [7, 11) is 1.93. The van der Waals surface area contributed by atoms with E-state index in [0.29, 0.717) is 0 Å². The first-order valence-electron chi connectivity index (χ1n) is 4.62. The lowest BCUT2D eigenvalue weighted by molar-refractivity contribution is 0.615. The number of nitrogens with one attached hydrogen (secondary N) is 1. The van der Waals surface area contributed by atoms with Gasteiger partial charge in [-0.1, -0.05) is 11.6 Å². The molecule has 0 bridgehead atoms. The summed E-state index contributed by atoms with van der Waals surface area (Å²) in [5, 5.41) is 5.04. The molecule has 1 aromatic heterocycles. The lowest BCUT2D eigenvalue weighted by atomic mass is 10.1. The fourth-order valence-corrected chi connectivity index (χ4v) is 1.84. The van der Waals surface area contributed by atoms with Crippen LogP contribution in [0.15, 0.2) is 28.9 Å². The zero-order valence-electron chi connectivity index (χ0n) is 8.01. The molecule has 0 saturated carbocycles. The van der Waals surface area contributed by atoms with Crippen LogP contribution in [0.2, 0.25) is 5.02 Å². The zero-order chi connectivity index (χ0) is 9.97. The Bertz CT molecular complexity index is 436. The standard InChI is InChI=1S/C11H12ClNO/c1-13-6-4-8-9-5-7-14-11(9)3-2-10(8)12/h2-3,5,7,13H,4,6H2,1H3. The summed E-state index contributed by atoms with van der Waals surface area (Å²) < 4.78 is 5.31. The first-order valence-corrected chi connectivity index (χ1v) is 5.00. The molecule has 2 rings (SSSR count). The summed E-state index contributed by atoms with van der Waals surface area (Å²) in [6, 6.07) is 5.76. The van der Waals surface area contributed by atoms with E-state index in [4.69, 9.17) is 16.0 Å². The lowest BCUT2D eigenvalue weighted by Crippen LogP contribution is -2.10. The number of fused-ring (bicyclic) bond motifs is 1. The smallest absolute Gasteiger partial charge is 0.134 e. The van der Waals surface area contributed by atoms with Crippen LogP contribution >= 0.6 is 11.6 Å². The third-order valence-electron chi connectivity index (χ3n) is 2.31. The molecule has 14 heavy (non-hydrogen) atoms. The molecule has 0 aliphatic rings. The third kappa shape index (κ3) is 1.63. The van der Waals surface area contributed by atoms with Gasteiger partial charge >= 0.3 is 0 Å². The molecule has 0 radical (unpaired) electrons. The van der Waals surface area contributed by atoms with Gasteiger partial charge in [-0.2, -0.15) is 0 Å². The maximum Gasteiger partial charge on any atom is 0.134 e. The van der Waals surface area contributed by atoms with Crippen LogP contribution in [0.25, 0.3) is 11.0 Å². The van der Waals surface area contributed by atoms with Crippen LogP contribution in [0.3, 0.4) is 0 Å². The van der Waals surface area contributed by atoms with E-state index in [1.165, 1.54) is 0 Å². The zero-order valence-corrected chi connectivity index (χ0v) is 8.77. The van der Waals surface area contributed by atoms with Crippen molar-refractivity contribution in [3.63, 3.8) is 0 Å². The number of halogens is 1. The first-order chi connectivity index (χ1) is 6.83. The van der Waals surface area contributed by atoms with E-state index < -0.39 is 0 Å². The topological polar surface area (TPSA) is 25.2 Å². The second kappa shape index (κ2) is 4.03. The summed E-state index contributed by atoms with van der Waals surface area (Å²) in [5.74, 6) is 0. The van der Waals surface area contributed by atoms with Crippen LogP contribution in [0.1, 0.15) is 5.56 Å². The molecule has 0 saturated heterocycles. The molecule has 0 amide bonds. The van der Waals surface area contributed by atoms with Crippen molar-refractivity contribution in [2.45, 2.75) is 6.42 Å². The summed E-state index contributed by atoms with van der Waals surface area (Å²) >= 11 is 6.13. The molecule has 1 N–H and O–H groups in total. The molecule has 3 heteroatoms. The molecule has 1 heterocycles. The maximum absolute atomic E-state index is 6.13. The number of hydrogen-bond donors (Lipinski definition) is 1. The maximum atomic E-state index is 6.13. The van der Waals surface area contributed by atoms with Crippen LogP contribution in [-0.4, -0.2) is 13.6 Å². The van der Waals surface area contributed by atoms with Crippen molar-refractivity contribution in [1.29, 1.82) is 0 Å². The van der Waals surface area contributed by atoms with Crippen molar-refractivity contribution >= 4 is 22.6 Å². The minimum Gasteiger partial charge on any atom is -0.464 e. The van der Waals surface area contributed by atoms with Crippen molar-refractivity contribution in [1.82, 2.24) is 5.32 Å². The highest BCUT2D eigenvalue weighted by Crippen LogP contribution is 2.27. The number of benzene rings is 1. The van der Waals surface area contributed by atoms with E-state index in [1.807, 2.05) is 25.2 Å². The number of rotatable bonds is 3. The average Bonchev–Trinajstić information content (AvgIpc) is 2.64. The predicted octanol–water partition coefficient (Wildman–Crippen LogP) is 2.85. The Morgan fingerprint density at radius 2 is 2.21 bits per heavy atom. The Morgan fingerprint density at radius 1 is 1.36 bits per heavy atom. The molecule has 0 aliphatic heterocycles. The molecule has 0 atom stereocenters. The predicted molar refractivity (Wildman–Crippen MR) is 58.9 cm³/mol. The summed E-state index contributed by atoms with van der Waals surface area (Å²) in [6.07, 6.45) is 2.62. The normalized spacial score (nSPS) is 11.0. The van der Waals surface area contributed by atoms with E-state index >= 15 is 0 Å². The van der Waals surface area contributed by atoms with Crippen LogP contribution in [0.5, 0.6) is 0 Å². The average molecular weight is 210 g/mol. The van der Waals surface area contributed by atoms with Gasteiger partial charge in [-0.15, -0.1) is 0 Å². The highest BCUT2D eigenvalue weighted by molar-refractivity contribution is 6.32. The van der Waals surface area contributed by atoms with Crippen molar-refractivity contribution in [2.75, 3.05) is 13.6 Å². The molecule has 0 aliphatic carbocycles. The summed E-state index contributed by atoms with van der Waals surface area (Å²) in [5.41, 5.74) is 2.06. The van der Waals surface area contributed by atoms with Gasteiger partial charge in [0.2, 0.25) is 0 Å². The van der Waals surface area contributed by atoms with Gasteiger partial charge in [0.1, 0.15) is 5.58 Å². The van der Waals surface area contributed by atoms with Crippen molar-refractivity contribution < 1.29 is 4.42 Å². The van der Waals surface area contributed by atoms with Crippen LogP contribution < -0.4 is 5.32 Å². The van der Waals surface area contributed by atoms with Gasteiger partial charge in [0.25, 0.3) is 0 Å². The van der Waals surface area contributed by atoms with E-state index in [2.05, 4.69) is 5.32 Å². The van der Waals surface area contributed by atoms with E-state index in [0.717, 1.165) is 34.5 Å². The number of hydrogen-bond acceptors (Lipinski definition) is 2. The Hall–Kier alpha value is -0.990. The second-order valence-electron chi connectivity index (χ2n) is 3.21. The van der Waals surface area contributed by atoms with E-state index in [1.54, 1.807) is 6.26 Å². The molecule has 0 spiro atoms. The first kappa shape index (κ1) is 9.56. The quantitative estimate of drug-likeness (QED) is 0.841. The molecule has 0 unspecified atom stereocenters. The monoisotopic (exact) mass is 209 g/mol. The lowest BCUT2D eigenvalue weighted by Gasteiger charge is -2.04. The largest absolute Gasteiger partial charge is 0.464 e. The minimum absolute atomic E-state index is 0.814. The van der Waals surface area contributed by atoms with Crippen molar-refractivity contribution in [3.8, 4) is 0 Å². The van der Waals surface area contributed by atoms with Gasteiger partial charge in [0.05, 0.1) is 6.26 Å². The number of likely N-dealkylation sites (N-methyl/N-ethyl adjacent to an activating group) is 1. The molecule has 2 aromatic rings. The highest BCUT2D eigenvalue weighted by Gasteiger charge is 2.07. The van der Waals surface area contributed by atoms with Gasteiger partial charge in [0, 0.05) is 10.4 Å². The molecular formula is C11H12ClNO. The van der Waals surface area contributed by atoms with Crippen molar-refractivity contribution in [3.05, 3.63) is 35.0 Å². The van der Waals surface area contributed by atoms with E-state index in [-0.39, 0.29) is 0 Å². The highest BCUT2D eigenvalue weighted by atomic mass is 35.5. The van der Waals surface area contributed by atoms with Gasteiger partial charge in [0.15, 0.2) is 0 Å². The van der Waals surface area contributed by atoms with Crippen LogP contribution in [0.4, 0.5) is 0 Å². The fourth-order valence-electron chi connectivity index (χ4n) is 1.58. The molecule has 2 nitrogen and oxygen atoms in total. The second-order valence-corrected chi connectivity index (χ2v) is 3.62. The fraction of sp³-hybridized carbons (Fsp3) is 0.273. The number of furan rings is 1. The minimum atomic E-state index is 0.814. The van der Waals surface area contributed by atoms with Gasteiger partial charge in [-0.3, -0.25) is 0 Å². The van der Waals surface area contributed by atoms with Crippen molar-refractivity contribution in [2.24, 2.45) is 0 Å². The summed E-state index contributed by atoms with van der Waals surface area (Å²) in [4.78, 5) is 0. The Balaban J connectivity index is 2.47. The molecular weight excluding hydrogens is 198 g/mol. The van der Waals surface area contributed by atoms with Crippen LogP contribution in [0, 0.1) is 0 Å². The Morgan fingerprint density at radius 3 is 3.00 bits per heavy atom. The Kier molecular flexibility index (Phi) is 2.75. The molecule has 0 fully saturated rings. The van der Waals surface area contributed by atoms with E-state index in [9.17, 15) is 0 Å². The Labute approximate surface area is 87.9 Å².